The third kappa shape index (κ3) is 4.32. The van der Waals surface area contributed by atoms with Gasteiger partial charge in [0.15, 0.2) is 0 Å². The van der Waals surface area contributed by atoms with Crippen molar-refractivity contribution in [2.24, 2.45) is 7.05 Å². The quantitative estimate of drug-likeness (QED) is 0.734. The molecule has 0 radical (unpaired) electrons. The fraction of sp³-hybridized carbons (Fsp3) is 0.800. The molecule has 4 heteroatoms. The molecule has 4 nitrogen and oxygen atoms in total. The van der Waals surface area contributed by atoms with Crippen LogP contribution in [0.4, 0.5) is 0 Å². The van der Waals surface area contributed by atoms with Gasteiger partial charge in [-0.25, -0.2) is 0 Å². The number of aryl methyl sites for hydroxylation is 2. The molecule has 1 aromatic rings. The summed E-state index contributed by atoms with van der Waals surface area (Å²) in [5, 5.41) is 8.10. The van der Waals surface area contributed by atoms with E-state index >= 15 is 0 Å². The van der Waals surface area contributed by atoms with Crippen molar-refractivity contribution in [2.75, 3.05) is 26.2 Å². The van der Waals surface area contributed by atoms with Gasteiger partial charge in [-0.05, 0) is 53.4 Å². The van der Waals surface area contributed by atoms with Gasteiger partial charge in [0.25, 0.3) is 0 Å². The van der Waals surface area contributed by atoms with E-state index in [0.717, 1.165) is 25.3 Å². The Morgan fingerprint density at radius 3 is 2.37 bits per heavy atom. The molecule has 0 fully saturated rings. The van der Waals surface area contributed by atoms with Gasteiger partial charge in [-0.1, -0.05) is 13.8 Å². The van der Waals surface area contributed by atoms with E-state index in [1.54, 1.807) is 0 Å². The van der Waals surface area contributed by atoms with Crippen LogP contribution in [0.15, 0.2) is 0 Å². The van der Waals surface area contributed by atoms with Crippen molar-refractivity contribution in [3.05, 3.63) is 17.0 Å². The smallest absolute Gasteiger partial charge is 0.0644 e. The van der Waals surface area contributed by atoms with Crippen LogP contribution in [0.5, 0.6) is 0 Å². The Labute approximate surface area is 118 Å². The molecule has 0 aromatic carbocycles. The monoisotopic (exact) mass is 266 g/mol. The lowest BCUT2D eigenvalue weighted by Gasteiger charge is -2.19. The number of hydrogen-bond donors (Lipinski definition) is 1. The Kier molecular flexibility index (Phi) is 6.52. The largest absolute Gasteiger partial charge is 0.310 e. The second-order valence-electron chi connectivity index (χ2n) is 5.26. The maximum Gasteiger partial charge on any atom is 0.0644 e. The molecular formula is C15H30N4. The topological polar surface area (TPSA) is 33.1 Å². The highest BCUT2D eigenvalue weighted by Gasteiger charge is 2.15. The molecule has 19 heavy (non-hydrogen) atoms. The Balaban J connectivity index is 2.41. The summed E-state index contributed by atoms with van der Waals surface area (Å²) in [5.74, 6) is 0. The van der Waals surface area contributed by atoms with Crippen molar-refractivity contribution < 1.29 is 0 Å². The summed E-state index contributed by atoms with van der Waals surface area (Å²) in [4.78, 5) is 2.47. The number of nitrogens with one attached hydrogen (secondary N) is 1. The molecule has 0 aliphatic carbocycles. The Bertz CT molecular complexity index is 380. The first-order valence-electron chi connectivity index (χ1n) is 7.47. The number of nitrogens with zero attached hydrogens (tertiary/aromatic N) is 3. The Hall–Kier alpha value is -0.870. The molecule has 0 spiro atoms. The second-order valence-corrected chi connectivity index (χ2v) is 5.26. The summed E-state index contributed by atoms with van der Waals surface area (Å²) >= 11 is 0. The highest BCUT2D eigenvalue weighted by molar-refractivity contribution is 5.27. The summed E-state index contributed by atoms with van der Waals surface area (Å²) in [6, 6.07) is 0.380. The van der Waals surface area contributed by atoms with E-state index in [1.165, 1.54) is 24.2 Å². The van der Waals surface area contributed by atoms with E-state index in [0.29, 0.717) is 6.04 Å². The minimum absolute atomic E-state index is 0.380. The van der Waals surface area contributed by atoms with Crippen LogP contribution in [-0.2, 0) is 7.05 Å². The first-order valence-corrected chi connectivity index (χ1v) is 7.47. The third-order valence-electron chi connectivity index (χ3n) is 3.99. The molecule has 0 amide bonds. The van der Waals surface area contributed by atoms with Crippen molar-refractivity contribution in [1.82, 2.24) is 20.0 Å². The van der Waals surface area contributed by atoms with Gasteiger partial charge < -0.3 is 10.2 Å². The number of rotatable bonds is 8. The summed E-state index contributed by atoms with van der Waals surface area (Å²) in [5.41, 5.74) is 3.76. The average Bonchev–Trinajstić information content (AvgIpc) is 2.63. The lowest BCUT2D eigenvalue weighted by atomic mass is 10.1. The molecule has 1 N–H and O–H groups in total. The molecular weight excluding hydrogens is 236 g/mol. The van der Waals surface area contributed by atoms with E-state index in [9.17, 15) is 0 Å². The maximum absolute atomic E-state index is 4.48. The molecule has 0 aliphatic heterocycles. The predicted octanol–water partition coefficient (Wildman–Crippen LogP) is 2.42. The lowest BCUT2D eigenvalue weighted by Crippen LogP contribution is -2.28. The Morgan fingerprint density at radius 2 is 1.89 bits per heavy atom. The lowest BCUT2D eigenvalue weighted by molar-refractivity contribution is 0.296. The van der Waals surface area contributed by atoms with Crippen LogP contribution in [0.1, 0.15) is 50.2 Å². The molecule has 0 aliphatic rings. The fourth-order valence-corrected chi connectivity index (χ4v) is 2.68. The second kappa shape index (κ2) is 7.65. The zero-order valence-electron chi connectivity index (χ0n) is 13.5. The van der Waals surface area contributed by atoms with Gasteiger partial charge in [0.2, 0.25) is 0 Å². The van der Waals surface area contributed by atoms with Gasteiger partial charge in [0.05, 0.1) is 5.69 Å². The van der Waals surface area contributed by atoms with E-state index in [-0.39, 0.29) is 0 Å². The van der Waals surface area contributed by atoms with Gasteiger partial charge in [-0.15, -0.1) is 0 Å². The summed E-state index contributed by atoms with van der Waals surface area (Å²) in [6.07, 6.45) is 1.20. The number of aromatic nitrogens is 2. The zero-order valence-corrected chi connectivity index (χ0v) is 13.5. The van der Waals surface area contributed by atoms with Crippen LogP contribution >= 0.6 is 0 Å². The van der Waals surface area contributed by atoms with E-state index in [4.69, 9.17) is 0 Å². The maximum atomic E-state index is 4.48. The van der Waals surface area contributed by atoms with E-state index < -0.39 is 0 Å². The molecule has 110 valence electrons. The van der Waals surface area contributed by atoms with E-state index in [1.807, 2.05) is 11.7 Å². The first-order chi connectivity index (χ1) is 9.01. The van der Waals surface area contributed by atoms with Gasteiger partial charge in [0.1, 0.15) is 0 Å². The molecule has 1 heterocycles. The number of hydrogen-bond acceptors (Lipinski definition) is 3. The molecule has 1 atom stereocenters. The van der Waals surface area contributed by atoms with Crippen molar-refractivity contribution in [3.63, 3.8) is 0 Å². The predicted molar refractivity (Wildman–Crippen MR) is 81.5 cm³/mol. The highest BCUT2D eigenvalue weighted by Crippen LogP contribution is 2.20. The SMILES string of the molecule is CCN(CC)CCCNC(C)c1c(C)nn(C)c1C. The van der Waals surface area contributed by atoms with Crippen LogP contribution in [0.25, 0.3) is 0 Å². The van der Waals surface area contributed by atoms with Crippen LogP contribution < -0.4 is 5.32 Å². The van der Waals surface area contributed by atoms with Crippen LogP contribution in [0.3, 0.4) is 0 Å². The van der Waals surface area contributed by atoms with Crippen LogP contribution in [-0.4, -0.2) is 40.9 Å². The third-order valence-corrected chi connectivity index (χ3v) is 3.99. The fourth-order valence-electron chi connectivity index (χ4n) is 2.68. The standard InChI is InChI=1S/C15H30N4/c1-7-19(8-2)11-9-10-16-12(3)15-13(4)17-18(6)14(15)5/h12,16H,7-11H2,1-6H3. The normalized spacial score (nSPS) is 13.2. The molecule has 1 unspecified atom stereocenters. The molecule has 1 aromatic heterocycles. The summed E-state index contributed by atoms with van der Waals surface area (Å²) < 4.78 is 1.97. The molecule has 0 saturated heterocycles. The minimum atomic E-state index is 0.380. The molecule has 1 rings (SSSR count). The van der Waals surface area contributed by atoms with Crippen LogP contribution in [0, 0.1) is 13.8 Å². The van der Waals surface area contributed by atoms with Crippen molar-refractivity contribution >= 4 is 0 Å². The molecule has 0 bridgehead atoms. The summed E-state index contributed by atoms with van der Waals surface area (Å²) in [7, 11) is 2.01. The average molecular weight is 266 g/mol. The van der Waals surface area contributed by atoms with Gasteiger partial charge in [-0.3, -0.25) is 4.68 Å². The van der Waals surface area contributed by atoms with Gasteiger partial charge in [-0.2, -0.15) is 5.10 Å². The highest BCUT2D eigenvalue weighted by atomic mass is 15.3. The zero-order chi connectivity index (χ0) is 14.4. The van der Waals surface area contributed by atoms with Crippen molar-refractivity contribution in [1.29, 1.82) is 0 Å². The first kappa shape index (κ1) is 16.2. The van der Waals surface area contributed by atoms with E-state index in [2.05, 4.69) is 49.9 Å². The minimum Gasteiger partial charge on any atom is -0.310 e. The van der Waals surface area contributed by atoms with Crippen molar-refractivity contribution in [3.8, 4) is 0 Å². The Morgan fingerprint density at radius 1 is 1.26 bits per heavy atom. The molecule has 0 saturated carbocycles. The van der Waals surface area contributed by atoms with Crippen molar-refractivity contribution in [2.45, 2.75) is 47.1 Å². The van der Waals surface area contributed by atoms with Crippen LogP contribution in [0.2, 0.25) is 0 Å². The van der Waals surface area contributed by atoms with Gasteiger partial charge in [0, 0.05) is 24.3 Å². The van der Waals surface area contributed by atoms with Gasteiger partial charge >= 0.3 is 0 Å². The summed E-state index contributed by atoms with van der Waals surface area (Å²) in [6.45, 7) is 15.4.